The summed E-state index contributed by atoms with van der Waals surface area (Å²) < 4.78 is 0. The highest BCUT2D eigenvalue weighted by Crippen LogP contribution is 2.31. The number of aromatic nitrogens is 1. The molecule has 0 aliphatic heterocycles. The molecule has 0 aromatic carbocycles. The normalized spacial score (nSPS) is 20.7. The van der Waals surface area contributed by atoms with Crippen molar-refractivity contribution >= 4 is 5.82 Å². The fraction of sp³-hybridized carbons (Fsp3) is 0.706. The molecule has 0 spiro atoms. The van der Waals surface area contributed by atoms with Crippen molar-refractivity contribution in [2.24, 2.45) is 0 Å². The van der Waals surface area contributed by atoms with E-state index in [4.69, 9.17) is 0 Å². The van der Waals surface area contributed by atoms with Crippen molar-refractivity contribution in [1.82, 2.24) is 10.3 Å². The van der Waals surface area contributed by atoms with Gasteiger partial charge in [-0.2, -0.15) is 0 Å². The number of nitrogens with zero attached hydrogens (tertiary/aromatic N) is 2. The summed E-state index contributed by atoms with van der Waals surface area (Å²) in [6, 6.07) is 2.94. The highest BCUT2D eigenvalue weighted by atomic mass is 16.3. The third-order valence-corrected chi connectivity index (χ3v) is 4.71. The third-order valence-electron chi connectivity index (χ3n) is 4.71. The van der Waals surface area contributed by atoms with E-state index in [1.165, 1.54) is 24.0 Å². The lowest BCUT2D eigenvalue weighted by molar-refractivity contribution is 0.0558. The topological polar surface area (TPSA) is 48.4 Å². The van der Waals surface area contributed by atoms with Crippen LogP contribution in [-0.2, 0) is 6.54 Å². The quantitative estimate of drug-likeness (QED) is 0.844. The SMILES string of the molecule is Cc1cc(CNC2CC2)cnc1N(C)CC1(O)CCCC1. The zero-order valence-corrected chi connectivity index (χ0v) is 13.2. The van der Waals surface area contributed by atoms with E-state index < -0.39 is 5.60 Å². The lowest BCUT2D eigenvalue weighted by Gasteiger charge is -2.30. The smallest absolute Gasteiger partial charge is 0.131 e. The average Bonchev–Trinajstić information content (AvgIpc) is 3.18. The fourth-order valence-corrected chi connectivity index (χ4v) is 3.38. The summed E-state index contributed by atoms with van der Waals surface area (Å²) >= 11 is 0. The van der Waals surface area contributed by atoms with Crippen molar-refractivity contribution < 1.29 is 5.11 Å². The van der Waals surface area contributed by atoms with Crippen LogP contribution in [0.25, 0.3) is 0 Å². The minimum Gasteiger partial charge on any atom is -0.388 e. The van der Waals surface area contributed by atoms with Crippen molar-refractivity contribution in [3.05, 3.63) is 23.4 Å². The number of anilines is 1. The van der Waals surface area contributed by atoms with E-state index in [1.807, 2.05) is 13.2 Å². The lowest BCUT2D eigenvalue weighted by atomic mass is 10.0. The van der Waals surface area contributed by atoms with Gasteiger partial charge >= 0.3 is 0 Å². The van der Waals surface area contributed by atoms with Crippen LogP contribution in [0.5, 0.6) is 0 Å². The number of hydrogen-bond donors (Lipinski definition) is 2. The Bertz CT molecular complexity index is 493. The molecule has 116 valence electrons. The summed E-state index contributed by atoms with van der Waals surface area (Å²) in [5.41, 5.74) is 1.92. The van der Waals surface area contributed by atoms with E-state index in [2.05, 4.69) is 28.2 Å². The van der Waals surface area contributed by atoms with Gasteiger partial charge in [-0.3, -0.25) is 0 Å². The van der Waals surface area contributed by atoms with Crippen molar-refractivity contribution in [2.45, 2.75) is 63.6 Å². The number of nitrogens with one attached hydrogen (secondary N) is 1. The molecular weight excluding hydrogens is 262 g/mol. The number of aliphatic hydroxyl groups is 1. The van der Waals surface area contributed by atoms with Crippen LogP contribution in [-0.4, -0.2) is 35.3 Å². The van der Waals surface area contributed by atoms with E-state index in [-0.39, 0.29) is 0 Å². The summed E-state index contributed by atoms with van der Waals surface area (Å²) in [7, 11) is 2.04. The minimum absolute atomic E-state index is 0.519. The molecule has 1 aromatic rings. The predicted molar refractivity (Wildman–Crippen MR) is 85.5 cm³/mol. The Labute approximate surface area is 127 Å². The van der Waals surface area contributed by atoms with Crippen LogP contribution < -0.4 is 10.2 Å². The van der Waals surface area contributed by atoms with E-state index in [9.17, 15) is 5.11 Å². The monoisotopic (exact) mass is 289 g/mol. The van der Waals surface area contributed by atoms with Gasteiger partial charge in [0.05, 0.1) is 5.60 Å². The van der Waals surface area contributed by atoms with E-state index in [0.717, 1.165) is 44.1 Å². The summed E-state index contributed by atoms with van der Waals surface area (Å²) in [5, 5.41) is 14.1. The molecule has 4 nitrogen and oxygen atoms in total. The van der Waals surface area contributed by atoms with Gasteiger partial charge in [0.2, 0.25) is 0 Å². The van der Waals surface area contributed by atoms with Crippen LogP contribution in [0.15, 0.2) is 12.3 Å². The van der Waals surface area contributed by atoms with Gasteiger partial charge in [-0.15, -0.1) is 0 Å². The van der Waals surface area contributed by atoms with Crippen molar-refractivity contribution in [1.29, 1.82) is 0 Å². The number of aryl methyl sites for hydroxylation is 1. The van der Waals surface area contributed by atoms with Crippen LogP contribution in [0, 0.1) is 6.92 Å². The zero-order chi connectivity index (χ0) is 14.9. The molecule has 0 atom stereocenters. The number of pyridine rings is 1. The largest absolute Gasteiger partial charge is 0.388 e. The molecular formula is C17H27N3O. The number of hydrogen-bond acceptors (Lipinski definition) is 4. The minimum atomic E-state index is -0.519. The first-order valence-corrected chi connectivity index (χ1v) is 8.18. The van der Waals surface area contributed by atoms with E-state index >= 15 is 0 Å². The molecule has 2 fully saturated rings. The molecule has 0 radical (unpaired) electrons. The van der Waals surface area contributed by atoms with Crippen LogP contribution in [0.4, 0.5) is 5.82 Å². The second-order valence-electron chi connectivity index (χ2n) is 6.93. The molecule has 2 aliphatic rings. The highest BCUT2D eigenvalue weighted by molar-refractivity contribution is 5.47. The zero-order valence-electron chi connectivity index (χ0n) is 13.2. The number of rotatable bonds is 6. The summed E-state index contributed by atoms with van der Waals surface area (Å²) in [6.07, 6.45) is 8.70. The first kappa shape index (κ1) is 14.8. The van der Waals surface area contributed by atoms with Crippen LogP contribution >= 0.6 is 0 Å². The molecule has 1 aromatic heterocycles. The summed E-state index contributed by atoms with van der Waals surface area (Å²) in [6.45, 7) is 3.70. The molecule has 4 heteroatoms. The van der Waals surface area contributed by atoms with Gasteiger partial charge in [0.25, 0.3) is 0 Å². The van der Waals surface area contributed by atoms with Gasteiger partial charge in [0, 0.05) is 32.4 Å². The average molecular weight is 289 g/mol. The fourth-order valence-electron chi connectivity index (χ4n) is 3.38. The lowest BCUT2D eigenvalue weighted by Crippen LogP contribution is -2.39. The second-order valence-corrected chi connectivity index (χ2v) is 6.93. The first-order valence-electron chi connectivity index (χ1n) is 8.18. The molecule has 0 saturated heterocycles. The van der Waals surface area contributed by atoms with E-state index in [0.29, 0.717) is 6.54 Å². The maximum absolute atomic E-state index is 10.5. The van der Waals surface area contributed by atoms with Gasteiger partial charge in [0.1, 0.15) is 5.82 Å². The summed E-state index contributed by atoms with van der Waals surface area (Å²) in [5.74, 6) is 0.991. The van der Waals surface area contributed by atoms with Gasteiger partial charge in [-0.05, 0) is 49.8 Å². The Hall–Kier alpha value is -1.13. The molecule has 0 amide bonds. The Morgan fingerprint density at radius 1 is 1.38 bits per heavy atom. The van der Waals surface area contributed by atoms with Gasteiger partial charge in [-0.25, -0.2) is 4.98 Å². The van der Waals surface area contributed by atoms with Crippen molar-refractivity contribution in [2.75, 3.05) is 18.5 Å². The molecule has 1 heterocycles. The predicted octanol–water partition coefficient (Wildman–Crippen LogP) is 2.38. The molecule has 21 heavy (non-hydrogen) atoms. The Kier molecular flexibility index (Phi) is 4.18. The Morgan fingerprint density at radius 3 is 2.71 bits per heavy atom. The van der Waals surface area contributed by atoms with Crippen LogP contribution in [0.3, 0.4) is 0 Å². The second kappa shape index (κ2) is 5.93. The highest BCUT2D eigenvalue weighted by Gasteiger charge is 2.32. The third kappa shape index (κ3) is 3.74. The molecule has 2 aliphatic carbocycles. The Morgan fingerprint density at radius 2 is 2.10 bits per heavy atom. The molecule has 0 bridgehead atoms. The van der Waals surface area contributed by atoms with Gasteiger partial charge < -0.3 is 15.3 Å². The van der Waals surface area contributed by atoms with Crippen LogP contribution in [0.2, 0.25) is 0 Å². The number of likely N-dealkylation sites (N-methyl/N-ethyl adjacent to an activating group) is 1. The van der Waals surface area contributed by atoms with Gasteiger partial charge in [0.15, 0.2) is 0 Å². The Balaban J connectivity index is 1.63. The maximum atomic E-state index is 10.5. The van der Waals surface area contributed by atoms with Gasteiger partial charge in [-0.1, -0.05) is 12.8 Å². The molecule has 3 rings (SSSR count). The van der Waals surface area contributed by atoms with E-state index in [1.54, 1.807) is 0 Å². The molecule has 2 N–H and O–H groups in total. The van der Waals surface area contributed by atoms with Crippen molar-refractivity contribution in [3.63, 3.8) is 0 Å². The van der Waals surface area contributed by atoms with Crippen molar-refractivity contribution in [3.8, 4) is 0 Å². The first-order chi connectivity index (χ1) is 10.1. The maximum Gasteiger partial charge on any atom is 0.131 e. The molecule has 2 saturated carbocycles. The standard InChI is InChI=1S/C17H27N3O/c1-13-9-14(10-18-15-5-6-15)11-19-16(13)20(2)12-17(21)7-3-4-8-17/h9,11,15,18,21H,3-8,10,12H2,1-2H3. The van der Waals surface area contributed by atoms with Crippen LogP contribution in [0.1, 0.15) is 49.7 Å². The molecule has 0 unspecified atom stereocenters. The summed E-state index contributed by atoms with van der Waals surface area (Å²) in [4.78, 5) is 6.73.